The summed E-state index contributed by atoms with van der Waals surface area (Å²) >= 11 is 5.98. The van der Waals surface area contributed by atoms with Crippen molar-refractivity contribution in [2.45, 2.75) is 26.3 Å². The smallest absolute Gasteiger partial charge is 0.270 e. The topological polar surface area (TPSA) is 101 Å². The van der Waals surface area contributed by atoms with Gasteiger partial charge in [-0.2, -0.15) is 0 Å². The van der Waals surface area contributed by atoms with Crippen LogP contribution in [0, 0.1) is 10.1 Å². The van der Waals surface area contributed by atoms with Crippen LogP contribution in [0.1, 0.15) is 41.5 Å². The number of hydrogen-bond acceptors (Lipinski definition) is 4. The van der Waals surface area contributed by atoms with E-state index in [-0.39, 0.29) is 22.2 Å². The fourth-order valence-electron chi connectivity index (χ4n) is 2.19. The predicted octanol–water partition coefficient (Wildman–Crippen LogP) is 4.03. The van der Waals surface area contributed by atoms with E-state index in [2.05, 4.69) is 10.6 Å². The van der Waals surface area contributed by atoms with Gasteiger partial charge in [-0.05, 0) is 39.0 Å². The van der Waals surface area contributed by atoms with E-state index in [1.807, 2.05) is 20.8 Å². The fraction of sp³-hybridized carbons (Fsp3) is 0.222. The molecular formula is C18H18ClN3O4. The van der Waals surface area contributed by atoms with E-state index in [1.54, 1.807) is 24.3 Å². The van der Waals surface area contributed by atoms with Gasteiger partial charge in [0.25, 0.3) is 17.5 Å². The highest BCUT2D eigenvalue weighted by atomic mass is 35.5. The Morgan fingerprint density at radius 1 is 1.04 bits per heavy atom. The molecule has 136 valence electrons. The number of anilines is 1. The second-order valence-corrected chi connectivity index (χ2v) is 7.03. The number of non-ortho nitro benzene ring substituents is 1. The van der Waals surface area contributed by atoms with Gasteiger partial charge < -0.3 is 10.6 Å². The van der Waals surface area contributed by atoms with Gasteiger partial charge >= 0.3 is 0 Å². The molecule has 0 heterocycles. The third-order valence-corrected chi connectivity index (χ3v) is 3.63. The van der Waals surface area contributed by atoms with Crippen LogP contribution >= 0.6 is 11.6 Å². The zero-order chi connectivity index (χ0) is 19.5. The number of carbonyl (C=O) groups is 2. The highest BCUT2D eigenvalue weighted by Gasteiger charge is 2.20. The van der Waals surface area contributed by atoms with Gasteiger partial charge in [-0.15, -0.1) is 0 Å². The number of nitro benzene ring substituents is 1. The number of halogens is 1. The summed E-state index contributed by atoms with van der Waals surface area (Å²) in [4.78, 5) is 35.1. The molecule has 26 heavy (non-hydrogen) atoms. The molecule has 2 aromatic carbocycles. The molecule has 2 rings (SSSR count). The van der Waals surface area contributed by atoms with E-state index in [0.29, 0.717) is 11.3 Å². The first-order chi connectivity index (χ1) is 12.1. The van der Waals surface area contributed by atoms with Gasteiger partial charge in [0.2, 0.25) is 0 Å². The average Bonchev–Trinajstić information content (AvgIpc) is 2.53. The molecule has 0 bridgehead atoms. The molecule has 2 N–H and O–H groups in total. The summed E-state index contributed by atoms with van der Waals surface area (Å²) in [7, 11) is 0. The lowest BCUT2D eigenvalue weighted by atomic mass is 10.1. The molecule has 0 aliphatic heterocycles. The Bertz CT molecular complexity index is 875. The first-order valence-corrected chi connectivity index (χ1v) is 8.13. The first-order valence-electron chi connectivity index (χ1n) is 7.75. The molecule has 7 nitrogen and oxygen atoms in total. The molecule has 8 heteroatoms. The number of nitrogens with zero attached hydrogens (tertiary/aromatic N) is 1. The number of benzene rings is 2. The lowest BCUT2D eigenvalue weighted by Gasteiger charge is -2.21. The molecule has 0 fully saturated rings. The van der Waals surface area contributed by atoms with Crippen molar-refractivity contribution in [3.63, 3.8) is 0 Å². The molecular weight excluding hydrogens is 358 g/mol. The van der Waals surface area contributed by atoms with Crippen LogP contribution < -0.4 is 10.6 Å². The molecule has 0 saturated heterocycles. The Labute approximate surface area is 155 Å². The van der Waals surface area contributed by atoms with E-state index >= 15 is 0 Å². The van der Waals surface area contributed by atoms with Crippen molar-refractivity contribution in [1.82, 2.24) is 5.32 Å². The van der Waals surface area contributed by atoms with Crippen LogP contribution in [0.25, 0.3) is 0 Å². The van der Waals surface area contributed by atoms with E-state index in [9.17, 15) is 19.7 Å². The molecule has 2 aromatic rings. The zero-order valence-electron chi connectivity index (χ0n) is 14.5. The molecule has 0 aromatic heterocycles. The Kier molecular flexibility index (Phi) is 5.62. The van der Waals surface area contributed by atoms with Gasteiger partial charge in [0.15, 0.2) is 0 Å². The van der Waals surface area contributed by atoms with E-state index in [0.717, 1.165) is 6.07 Å². The normalized spacial score (nSPS) is 10.9. The van der Waals surface area contributed by atoms with Gasteiger partial charge in [0.1, 0.15) is 0 Å². The second-order valence-electron chi connectivity index (χ2n) is 6.63. The Balaban J connectivity index is 2.28. The third kappa shape index (κ3) is 4.80. The summed E-state index contributed by atoms with van der Waals surface area (Å²) < 4.78 is 0. The SMILES string of the molecule is CC(C)(C)NC(=O)c1ccccc1NC(=O)c1ccc([N+](=O)[O-])cc1Cl. The van der Waals surface area contributed by atoms with Gasteiger partial charge in [-0.25, -0.2) is 0 Å². The largest absolute Gasteiger partial charge is 0.347 e. The van der Waals surface area contributed by atoms with Crippen molar-refractivity contribution in [3.05, 3.63) is 68.7 Å². The first kappa shape index (κ1) is 19.4. The average molecular weight is 376 g/mol. The van der Waals surface area contributed by atoms with Crippen molar-refractivity contribution in [2.24, 2.45) is 0 Å². The number of para-hydroxylation sites is 1. The number of carbonyl (C=O) groups excluding carboxylic acids is 2. The lowest BCUT2D eigenvalue weighted by molar-refractivity contribution is -0.384. The summed E-state index contributed by atoms with van der Waals surface area (Å²) in [5, 5.41) is 16.2. The number of hydrogen-bond donors (Lipinski definition) is 2. The monoisotopic (exact) mass is 375 g/mol. The van der Waals surface area contributed by atoms with E-state index in [1.165, 1.54) is 12.1 Å². The van der Waals surface area contributed by atoms with Crippen molar-refractivity contribution in [3.8, 4) is 0 Å². The summed E-state index contributed by atoms with van der Waals surface area (Å²) in [6.45, 7) is 5.55. The molecule has 0 aliphatic carbocycles. The minimum absolute atomic E-state index is 0.0478. The Morgan fingerprint density at radius 3 is 2.27 bits per heavy atom. The molecule has 2 amide bonds. The number of amides is 2. The van der Waals surface area contributed by atoms with Gasteiger partial charge in [-0.1, -0.05) is 23.7 Å². The van der Waals surface area contributed by atoms with E-state index < -0.39 is 16.4 Å². The van der Waals surface area contributed by atoms with Crippen LogP contribution in [0.15, 0.2) is 42.5 Å². The quantitative estimate of drug-likeness (QED) is 0.622. The number of rotatable bonds is 4. The van der Waals surface area contributed by atoms with Crippen molar-refractivity contribution >= 4 is 34.8 Å². The molecule has 0 atom stereocenters. The standard InChI is InChI=1S/C18H18ClN3O4/c1-18(2,3)21-17(24)13-6-4-5-7-15(13)20-16(23)12-9-8-11(22(25)26)10-14(12)19/h4-10H,1-3H3,(H,20,23)(H,21,24). The van der Waals surface area contributed by atoms with Gasteiger partial charge in [0.05, 0.1) is 26.8 Å². The Hall–Kier alpha value is -2.93. The van der Waals surface area contributed by atoms with Crippen LogP contribution in [0.3, 0.4) is 0 Å². The maximum atomic E-state index is 12.5. The predicted molar refractivity (Wildman–Crippen MR) is 99.7 cm³/mol. The van der Waals surface area contributed by atoms with Crippen LogP contribution in [0.4, 0.5) is 11.4 Å². The molecule has 0 radical (unpaired) electrons. The number of nitrogens with one attached hydrogen (secondary N) is 2. The molecule has 0 spiro atoms. The maximum absolute atomic E-state index is 12.5. The third-order valence-electron chi connectivity index (χ3n) is 3.32. The fourth-order valence-corrected chi connectivity index (χ4v) is 2.45. The molecule has 0 unspecified atom stereocenters. The van der Waals surface area contributed by atoms with Gasteiger partial charge in [0, 0.05) is 17.7 Å². The van der Waals surface area contributed by atoms with Gasteiger partial charge in [-0.3, -0.25) is 19.7 Å². The minimum atomic E-state index is -0.598. The highest BCUT2D eigenvalue weighted by molar-refractivity contribution is 6.34. The highest BCUT2D eigenvalue weighted by Crippen LogP contribution is 2.24. The second kappa shape index (κ2) is 7.53. The number of nitro groups is 1. The van der Waals surface area contributed by atoms with Crippen molar-refractivity contribution in [1.29, 1.82) is 0 Å². The summed E-state index contributed by atoms with van der Waals surface area (Å²) in [5.41, 5.74) is 0.0397. The Morgan fingerprint density at radius 2 is 1.69 bits per heavy atom. The van der Waals surface area contributed by atoms with Crippen molar-refractivity contribution < 1.29 is 14.5 Å². The van der Waals surface area contributed by atoms with Crippen LogP contribution in [0.2, 0.25) is 5.02 Å². The maximum Gasteiger partial charge on any atom is 0.270 e. The lowest BCUT2D eigenvalue weighted by Crippen LogP contribution is -2.40. The minimum Gasteiger partial charge on any atom is -0.347 e. The zero-order valence-corrected chi connectivity index (χ0v) is 15.3. The molecule has 0 aliphatic rings. The summed E-state index contributed by atoms with van der Waals surface area (Å²) in [6.07, 6.45) is 0. The van der Waals surface area contributed by atoms with Crippen molar-refractivity contribution in [2.75, 3.05) is 5.32 Å². The van der Waals surface area contributed by atoms with Crippen LogP contribution in [-0.2, 0) is 0 Å². The van der Waals surface area contributed by atoms with Crippen LogP contribution in [0.5, 0.6) is 0 Å². The molecule has 0 saturated carbocycles. The van der Waals surface area contributed by atoms with E-state index in [4.69, 9.17) is 11.6 Å². The summed E-state index contributed by atoms with van der Waals surface area (Å²) in [6, 6.07) is 10.1. The van der Waals surface area contributed by atoms with Crippen LogP contribution in [-0.4, -0.2) is 22.3 Å². The summed E-state index contributed by atoms with van der Waals surface area (Å²) in [5.74, 6) is -0.899.